The monoisotopic (exact) mass is 361 g/mol. The Kier molecular flexibility index (Phi) is 7.45. The molecule has 1 aliphatic rings. The lowest BCUT2D eigenvalue weighted by molar-refractivity contribution is -0.145. The Morgan fingerprint density at radius 2 is 1.88 bits per heavy atom. The molecular weight excluding hydrogens is 330 g/mol. The van der Waals surface area contributed by atoms with E-state index in [1.807, 2.05) is 45.0 Å². The van der Waals surface area contributed by atoms with Gasteiger partial charge in [-0.3, -0.25) is 9.79 Å². The average Bonchev–Trinajstić information content (AvgIpc) is 2.62. The maximum atomic E-state index is 11.5. The predicted octanol–water partition coefficient (Wildman–Crippen LogP) is 2.52. The third-order valence-corrected chi connectivity index (χ3v) is 5.21. The molecule has 1 fully saturated rings. The van der Waals surface area contributed by atoms with E-state index < -0.39 is 11.9 Å². The van der Waals surface area contributed by atoms with Crippen molar-refractivity contribution in [3.05, 3.63) is 29.8 Å². The SMILES string of the molecule is CC(C)C(C)[C@@H](COc1ccc(C(N)=NC2CCNCC2)cc1)C(=O)O. The van der Waals surface area contributed by atoms with E-state index >= 15 is 0 Å². The van der Waals surface area contributed by atoms with Crippen molar-refractivity contribution in [2.75, 3.05) is 19.7 Å². The zero-order chi connectivity index (χ0) is 19.1. The maximum absolute atomic E-state index is 11.5. The number of carbonyl (C=O) groups is 1. The van der Waals surface area contributed by atoms with Crippen LogP contribution < -0.4 is 15.8 Å². The average molecular weight is 361 g/mol. The second kappa shape index (κ2) is 9.57. The number of carboxylic acid groups (broad SMARTS) is 1. The molecule has 1 aromatic rings. The van der Waals surface area contributed by atoms with Crippen molar-refractivity contribution < 1.29 is 14.6 Å². The predicted molar refractivity (Wildman–Crippen MR) is 104 cm³/mol. The van der Waals surface area contributed by atoms with Crippen molar-refractivity contribution in [3.8, 4) is 5.75 Å². The lowest BCUT2D eigenvalue weighted by Crippen LogP contribution is -2.31. The van der Waals surface area contributed by atoms with Gasteiger partial charge in [0, 0.05) is 5.56 Å². The van der Waals surface area contributed by atoms with Crippen LogP contribution in [0, 0.1) is 17.8 Å². The van der Waals surface area contributed by atoms with Gasteiger partial charge in [-0.2, -0.15) is 0 Å². The molecule has 1 heterocycles. The van der Waals surface area contributed by atoms with E-state index in [4.69, 9.17) is 10.5 Å². The summed E-state index contributed by atoms with van der Waals surface area (Å²) in [7, 11) is 0. The number of nitrogens with one attached hydrogen (secondary N) is 1. The number of rotatable bonds is 8. The minimum atomic E-state index is -0.818. The highest BCUT2D eigenvalue weighted by Gasteiger charge is 2.27. The van der Waals surface area contributed by atoms with Gasteiger partial charge in [0.15, 0.2) is 0 Å². The fourth-order valence-corrected chi connectivity index (χ4v) is 3.03. The highest BCUT2D eigenvalue weighted by Crippen LogP contribution is 2.22. The molecule has 1 aromatic carbocycles. The van der Waals surface area contributed by atoms with Gasteiger partial charge in [0.05, 0.1) is 12.0 Å². The lowest BCUT2D eigenvalue weighted by atomic mass is 9.85. The third-order valence-electron chi connectivity index (χ3n) is 5.21. The molecule has 1 unspecified atom stereocenters. The molecule has 0 aliphatic carbocycles. The smallest absolute Gasteiger partial charge is 0.310 e. The number of aliphatic imine (C=N–C) groups is 1. The summed E-state index contributed by atoms with van der Waals surface area (Å²) in [5.41, 5.74) is 6.98. The van der Waals surface area contributed by atoms with Crippen LogP contribution in [0.1, 0.15) is 39.2 Å². The first-order chi connectivity index (χ1) is 12.4. The molecule has 0 aromatic heterocycles. The minimum absolute atomic E-state index is 0.0412. The lowest BCUT2D eigenvalue weighted by Gasteiger charge is -2.23. The molecule has 0 saturated carbocycles. The third kappa shape index (κ3) is 5.73. The molecule has 1 aliphatic heterocycles. The summed E-state index contributed by atoms with van der Waals surface area (Å²) in [6.07, 6.45) is 2.01. The molecular formula is C20H31N3O3. The first-order valence-corrected chi connectivity index (χ1v) is 9.38. The van der Waals surface area contributed by atoms with Gasteiger partial charge in [0.2, 0.25) is 0 Å². The molecule has 26 heavy (non-hydrogen) atoms. The van der Waals surface area contributed by atoms with Crippen LogP contribution in [-0.2, 0) is 4.79 Å². The molecule has 1 saturated heterocycles. The highest BCUT2D eigenvalue weighted by atomic mass is 16.5. The second-order valence-corrected chi connectivity index (χ2v) is 7.38. The molecule has 0 bridgehead atoms. The Hall–Kier alpha value is -2.08. The van der Waals surface area contributed by atoms with E-state index in [0.717, 1.165) is 31.5 Å². The van der Waals surface area contributed by atoms with Crippen LogP contribution in [0.5, 0.6) is 5.75 Å². The number of carboxylic acids is 1. The molecule has 2 atom stereocenters. The Morgan fingerprint density at radius 1 is 1.27 bits per heavy atom. The fraction of sp³-hybridized carbons (Fsp3) is 0.600. The van der Waals surface area contributed by atoms with Crippen LogP contribution >= 0.6 is 0 Å². The number of benzene rings is 1. The number of nitrogens with two attached hydrogens (primary N) is 1. The first kappa shape index (κ1) is 20.2. The highest BCUT2D eigenvalue weighted by molar-refractivity contribution is 5.97. The van der Waals surface area contributed by atoms with Crippen LogP contribution in [0.2, 0.25) is 0 Å². The number of piperidine rings is 1. The van der Waals surface area contributed by atoms with E-state index in [1.165, 1.54) is 0 Å². The zero-order valence-corrected chi connectivity index (χ0v) is 15.9. The van der Waals surface area contributed by atoms with E-state index in [1.54, 1.807) is 0 Å². The fourth-order valence-electron chi connectivity index (χ4n) is 3.03. The molecule has 6 heteroatoms. The van der Waals surface area contributed by atoms with Crippen molar-refractivity contribution in [2.45, 2.75) is 39.7 Å². The van der Waals surface area contributed by atoms with Gasteiger partial charge in [-0.15, -0.1) is 0 Å². The van der Waals surface area contributed by atoms with Gasteiger partial charge in [-0.25, -0.2) is 0 Å². The van der Waals surface area contributed by atoms with Gasteiger partial charge >= 0.3 is 5.97 Å². The summed E-state index contributed by atoms with van der Waals surface area (Å²) in [6.45, 7) is 8.13. The first-order valence-electron chi connectivity index (χ1n) is 9.38. The van der Waals surface area contributed by atoms with Crippen LogP contribution in [0.15, 0.2) is 29.3 Å². The number of hydrogen-bond donors (Lipinski definition) is 3. The quantitative estimate of drug-likeness (QED) is 0.488. The summed E-state index contributed by atoms with van der Waals surface area (Å²) < 4.78 is 5.72. The van der Waals surface area contributed by atoms with E-state index in [0.29, 0.717) is 11.6 Å². The Labute approximate surface area is 155 Å². The van der Waals surface area contributed by atoms with Gasteiger partial charge in [0.1, 0.15) is 18.2 Å². The number of ether oxygens (including phenoxy) is 1. The number of amidine groups is 1. The molecule has 2 rings (SSSR count). The largest absolute Gasteiger partial charge is 0.493 e. The van der Waals surface area contributed by atoms with Crippen molar-refractivity contribution in [1.29, 1.82) is 0 Å². The number of nitrogens with zero attached hydrogens (tertiary/aromatic N) is 1. The Balaban J connectivity index is 1.96. The molecule has 6 nitrogen and oxygen atoms in total. The zero-order valence-electron chi connectivity index (χ0n) is 15.9. The summed E-state index contributed by atoms with van der Waals surface area (Å²) in [5.74, 6) is 0.168. The topological polar surface area (TPSA) is 96.9 Å². The Bertz CT molecular complexity index is 607. The van der Waals surface area contributed by atoms with E-state index in [9.17, 15) is 9.90 Å². The summed E-state index contributed by atoms with van der Waals surface area (Å²) in [4.78, 5) is 16.1. The molecule has 144 valence electrons. The normalized spacial score (nSPS) is 18.5. The summed E-state index contributed by atoms with van der Waals surface area (Å²) in [5, 5.41) is 12.7. The van der Waals surface area contributed by atoms with E-state index in [-0.39, 0.29) is 24.5 Å². The van der Waals surface area contributed by atoms with Crippen molar-refractivity contribution in [1.82, 2.24) is 5.32 Å². The van der Waals surface area contributed by atoms with Gasteiger partial charge < -0.3 is 20.9 Å². The standard InChI is InChI=1S/C20H31N3O3/c1-13(2)14(3)18(20(24)25)12-26-17-6-4-15(5-7-17)19(21)23-16-8-10-22-11-9-16/h4-7,13-14,16,18,22H,8-12H2,1-3H3,(H2,21,23)(H,24,25)/t14?,18-/m1/s1. The van der Waals surface area contributed by atoms with Gasteiger partial charge in [-0.1, -0.05) is 20.8 Å². The van der Waals surface area contributed by atoms with Gasteiger partial charge in [0.25, 0.3) is 0 Å². The number of hydrogen-bond acceptors (Lipinski definition) is 4. The summed E-state index contributed by atoms with van der Waals surface area (Å²) in [6, 6.07) is 7.66. The molecule has 0 radical (unpaired) electrons. The Morgan fingerprint density at radius 3 is 2.42 bits per heavy atom. The van der Waals surface area contributed by atoms with Crippen LogP contribution in [0.3, 0.4) is 0 Å². The van der Waals surface area contributed by atoms with Crippen LogP contribution in [0.25, 0.3) is 0 Å². The van der Waals surface area contributed by atoms with Crippen molar-refractivity contribution in [3.63, 3.8) is 0 Å². The van der Waals surface area contributed by atoms with Crippen molar-refractivity contribution in [2.24, 2.45) is 28.5 Å². The van der Waals surface area contributed by atoms with Crippen LogP contribution in [-0.4, -0.2) is 42.6 Å². The minimum Gasteiger partial charge on any atom is -0.493 e. The van der Waals surface area contributed by atoms with Gasteiger partial charge in [-0.05, 0) is 62.0 Å². The second-order valence-electron chi connectivity index (χ2n) is 7.38. The number of aliphatic carboxylic acids is 1. The molecule has 0 amide bonds. The van der Waals surface area contributed by atoms with Crippen molar-refractivity contribution >= 4 is 11.8 Å². The molecule has 0 spiro atoms. The van der Waals surface area contributed by atoms with Crippen LogP contribution in [0.4, 0.5) is 0 Å². The maximum Gasteiger partial charge on any atom is 0.310 e. The van der Waals surface area contributed by atoms with E-state index in [2.05, 4.69) is 10.3 Å². The summed E-state index contributed by atoms with van der Waals surface area (Å²) >= 11 is 0. The molecule has 4 N–H and O–H groups in total.